The number of aromatic amines is 1. The Labute approximate surface area is 156 Å². The van der Waals surface area contributed by atoms with Crippen molar-refractivity contribution in [2.45, 2.75) is 30.5 Å². The number of thioether (sulfide) groups is 1. The lowest BCUT2D eigenvalue weighted by Crippen LogP contribution is -2.30. The number of benzene rings is 1. The molecule has 1 saturated heterocycles. The van der Waals surface area contributed by atoms with Crippen LogP contribution in [0.25, 0.3) is 0 Å². The van der Waals surface area contributed by atoms with Gasteiger partial charge < -0.3 is 20.1 Å². The number of anilines is 1. The van der Waals surface area contributed by atoms with Crippen LogP contribution in [0.3, 0.4) is 0 Å². The molecule has 0 spiro atoms. The van der Waals surface area contributed by atoms with Crippen LogP contribution in [0, 0.1) is 0 Å². The third-order valence-electron chi connectivity index (χ3n) is 3.84. The van der Waals surface area contributed by atoms with Gasteiger partial charge in [-0.3, -0.25) is 5.10 Å². The molecule has 0 saturated carbocycles. The Morgan fingerprint density at radius 1 is 1.35 bits per heavy atom. The minimum absolute atomic E-state index is 0.183. The third kappa shape index (κ3) is 6.23. The molecule has 8 nitrogen and oxygen atoms in total. The lowest BCUT2D eigenvalue weighted by atomic mass is 10.1. The summed E-state index contributed by atoms with van der Waals surface area (Å²) in [5.74, 6) is 1.48. The van der Waals surface area contributed by atoms with Gasteiger partial charge in [0.25, 0.3) is 0 Å². The van der Waals surface area contributed by atoms with E-state index < -0.39 is 0 Å². The molecule has 9 heteroatoms. The predicted molar refractivity (Wildman–Crippen MR) is 99.7 cm³/mol. The molecule has 2 heterocycles. The van der Waals surface area contributed by atoms with Crippen LogP contribution in [-0.4, -0.2) is 52.8 Å². The molecule has 26 heavy (non-hydrogen) atoms. The second kappa shape index (κ2) is 10.0. The summed E-state index contributed by atoms with van der Waals surface area (Å²) in [4.78, 5) is 15.9. The number of H-pyrrole nitrogens is 1. The number of nitrogens with zero attached hydrogens (tertiary/aromatic N) is 2. The van der Waals surface area contributed by atoms with Crippen molar-refractivity contribution in [3.05, 3.63) is 30.6 Å². The van der Waals surface area contributed by atoms with E-state index in [0.29, 0.717) is 24.6 Å². The molecule has 2 aromatic rings. The summed E-state index contributed by atoms with van der Waals surface area (Å²) in [7, 11) is 0. The molecule has 2 amide bonds. The maximum atomic E-state index is 11.9. The third-order valence-corrected chi connectivity index (χ3v) is 4.72. The first kappa shape index (κ1) is 18.5. The maximum Gasteiger partial charge on any atom is 0.319 e. The molecule has 1 aliphatic rings. The zero-order valence-electron chi connectivity index (χ0n) is 14.4. The highest BCUT2D eigenvalue weighted by Crippen LogP contribution is 2.18. The Morgan fingerprint density at radius 2 is 2.23 bits per heavy atom. The first-order chi connectivity index (χ1) is 12.8. The van der Waals surface area contributed by atoms with E-state index in [1.165, 1.54) is 24.5 Å². The summed E-state index contributed by atoms with van der Waals surface area (Å²) in [6, 6.07) is 7.09. The first-order valence-corrected chi connectivity index (χ1v) is 9.65. The van der Waals surface area contributed by atoms with Gasteiger partial charge in [-0.2, -0.15) is 5.10 Å². The summed E-state index contributed by atoms with van der Waals surface area (Å²) >= 11 is 1.50. The van der Waals surface area contributed by atoms with Crippen molar-refractivity contribution < 1.29 is 14.3 Å². The Kier molecular flexibility index (Phi) is 7.15. The monoisotopic (exact) mass is 377 g/mol. The van der Waals surface area contributed by atoms with Gasteiger partial charge in [0, 0.05) is 24.6 Å². The van der Waals surface area contributed by atoms with Crippen LogP contribution in [0.5, 0.6) is 5.75 Å². The van der Waals surface area contributed by atoms with Gasteiger partial charge in [-0.1, -0.05) is 11.8 Å². The van der Waals surface area contributed by atoms with Crippen LogP contribution in [-0.2, 0) is 4.74 Å². The highest BCUT2D eigenvalue weighted by atomic mass is 32.2. The van der Waals surface area contributed by atoms with Crippen molar-refractivity contribution in [2.75, 3.05) is 30.8 Å². The second-order valence-electron chi connectivity index (χ2n) is 5.84. The highest BCUT2D eigenvalue weighted by molar-refractivity contribution is 7.99. The van der Waals surface area contributed by atoms with Crippen molar-refractivity contribution in [3.63, 3.8) is 0 Å². The summed E-state index contributed by atoms with van der Waals surface area (Å²) in [6.07, 6.45) is 5.02. The van der Waals surface area contributed by atoms with E-state index >= 15 is 0 Å². The summed E-state index contributed by atoms with van der Waals surface area (Å²) in [5, 5.41) is 12.8. The molecule has 0 bridgehead atoms. The number of aromatic nitrogens is 3. The van der Waals surface area contributed by atoms with E-state index in [9.17, 15) is 4.79 Å². The molecule has 1 unspecified atom stereocenters. The number of urea groups is 1. The van der Waals surface area contributed by atoms with Crippen molar-refractivity contribution >= 4 is 23.5 Å². The van der Waals surface area contributed by atoms with Gasteiger partial charge in [-0.25, -0.2) is 9.78 Å². The van der Waals surface area contributed by atoms with Gasteiger partial charge in [0.05, 0.1) is 6.10 Å². The zero-order valence-corrected chi connectivity index (χ0v) is 15.3. The Bertz CT molecular complexity index is 660. The first-order valence-electron chi connectivity index (χ1n) is 8.67. The molecule has 0 radical (unpaired) electrons. The Balaban J connectivity index is 1.33. The number of carbonyl (C=O) groups is 1. The van der Waals surface area contributed by atoms with Crippen molar-refractivity contribution in [1.29, 1.82) is 0 Å². The largest absolute Gasteiger partial charge is 0.491 e. The van der Waals surface area contributed by atoms with E-state index in [0.717, 1.165) is 30.4 Å². The Morgan fingerprint density at radius 3 is 2.96 bits per heavy atom. The Hall–Kier alpha value is -2.26. The second-order valence-corrected chi connectivity index (χ2v) is 6.93. The smallest absolute Gasteiger partial charge is 0.319 e. The molecule has 3 N–H and O–H groups in total. The van der Waals surface area contributed by atoms with Gasteiger partial charge in [0.15, 0.2) is 5.16 Å². The van der Waals surface area contributed by atoms with Gasteiger partial charge in [0.2, 0.25) is 0 Å². The lowest BCUT2D eigenvalue weighted by Gasteiger charge is -2.22. The van der Waals surface area contributed by atoms with Crippen molar-refractivity contribution in [1.82, 2.24) is 20.5 Å². The number of hydrogen-bond donors (Lipinski definition) is 3. The molecule has 1 fully saturated rings. The van der Waals surface area contributed by atoms with Crippen LogP contribution in [0.2, 0.25) is 0 Å². The fraction of sp³-hybridized carbons (Fsp3) is 0.471. The molecule has 1 aromatic heterocycles. The highest BCUT2D eigenvalue weighted by Gasteiger charge is 2.14. The van der Waals surface area contributed by atoms with E-state index in [1.807, 2.05) is 24.3 Å². The van der Waals surface area contributed by atoms with Gasteiger partial charge >= 0.3 is 6.03 Å². The normalized spacial score (nSPS) is 16.8. The number of amides is 2. The van der Waals surface area contributed by atoms with E-state index in [4.69, 9.17) is 9.47 Å². The molecule has 1 aromatic carbocycles. The lowest BCUT2D eigenvalue weighted by molar-refractivity contribution is -0.0110. The number of hydrogen-bond acceptors (Lipinski definition) is 6. The van der Waals surface area contributed by atoms with Crippen LogP contribution in [0.1, 0.15) is 19.3 Å². The average Bonchev–Trinajstić information content (AvgIpc) is 3.19. The molecule has 1 aliphatic heterocycles. The number of carbonyl (C=O) groups excluding carboxylic acids is 1. The van der Waals surface area contributed by atoms with E-state index in [1.54, 1.807) is 0 Å². The average molecular weight is 377 g/mol. The standard InChI is InChI=1S/C17H23N5O3S/c23-16(18-8-10-26-17-19-12-20-22-17)21-13-4-6-14(7-5-13)25-11-15-3-1-2-9-24-15/h4-7,12,15H,1-3,8-11H2,(H2,18,21,23)(H,19,20,22). The van der Waals surface area contributed by atoms with Crippen molar-refractivity contribution in [2.24, 2.45) is 0 Å². The molecular weight excluding hydrogens is 354 g/mol. The van der Waals surface area contributed by atoms with Crippen LogP contribution < -0.4 is 15.4 Å². The maximum absolute atomic E-state index is 11.9. The minimum Gasteiger partial charge on any atom is -0.491 e. The number of rotatable bonds is 8. The fourth-order valence-electron chi connectivity index (χ4n) is 2.51. The predicted octanol–water partition coefficient (Wildman–Crippen LogP) is 2.67. The minimum atomic E-state index is -0.243. The van der Waals surface area contributed by atoms with E-state index in [-0.39, 0.29) is 12.1 Å². The molecule has 0 aliphatic carbocycles. The van der Waals surface area contributed by atoms with E-state index in [2.05, 4.69) is 25.8 Å². The molecule has 1 atom stereocenters. The summed E-state index contributed by atoms with van der Waals surface area (Å²) in [5.41, 5.74) is 0.714. The van der Waals surface area contributed by atoms with Gasteiger partial charge in [-0.15, -0.1) is 0 Å². The summed E-state index contributed by atoms with van der Waals surface area (Å²) in [6.45, 7) is 1.92. The zero-order chi connectivity index (χ0) is 18.0. The van der Waals surface area contributed by atoms with Crippen LogP contribution >= 0.6 is 11.8 Å². The quantitative estimate of drug-likeness (QED) is 0.483. The SMILES string of the molecule is O=C(NCCSc1ncn[nH]1)Nc1ccc(OCC2CCCCO2)cc1. The van der Waals surface area contributed by atoms with Crippen molar-refractivity contribution in [3.8, 4) is 5.75 Å². The topological polar surface area (TPSA) is 101 Å². The number of ether oxygens (including phenoxy) is 2. The summed E-state index contributed by atoms with van der Waals surface area (Å²) < 4.78 is 11.4. The fourth-order valence-corrected chi connectivity index (χ4v) is 3.15. The van der Waals surface area contributed by atoms with Crippen LogP contribution in [0.4, 0.5) is 10.5 Å². The molecule has 3 rings (SSSR count). The van der Waals surface area contributed by atoms with Gasteiger partial charge in [0.1, 0.15) is 18.7 Å². The number of nitrogens with one attached hydrogen (secondary N) is 3. The molecule has 140 valence electrons. The van der Waals surface area contributed by atoms with Gasteiger partial charge in [-0.05, 0) is 43.5 Å². The van der Waals surface area contributed by atoms with Crippen LogP contribution in [0.15, 0.2) is 35.7 Å². The molecular formula is C17H23N5O3S.